The topological polar surface area (TPSA) is 64.6 Å². The van der Waals surface area contributed by atoms with Gasteiger partial charge < -0.3 is 14.2 Å². The van der Waals surface area contributed by atoms with Crippen molar-refractivity contribution in [1.82, 2.24) is 5.32 Å². The Bertz CT molecular complexity index is 1190. The van der Waals surface area contributed by atoms with E-state index in [-0.39, 0.29) is 16.2 Å². The van der Waals surface area contributed by atoms with Crippen LogP contribution in [-0.4, -0.2) is 27.6 Å². The fourth-order valence-corrected chi connectivity index (χ4v) is 6.81. The van der Waals surface area contributed by atoms with E-state index < -0.39 is 10.1 Å². The number of hydrogen-bond donors (Lipinski definition) is 1. The Hall–Kier alpha value is -1.80. The van der Waals surface area contributed by atoms with Gasteiger partial charge in [0.1, 0.15) is 17.6 Å². The first-order chi connectivity index (χ1) is 13.4. The number of benzene rings is 2. The number of hydrogen-bond acceptors (Lipinski definition) is 6. The van der Waals surface area contributed by atoms with Gasteiger partial charge in [0.2, 0.25) is 0 Å². The molecule has 146 valence electrons. The van der Waals surface area contributed by atoms with Crippen molar-refractivity contribution >= 4 is 43.1 Å². The van der Waals surface area contributed by atoms with Crippen LogP contribution in [0, 0.1) is 6.92 Å². The summed E-state index contributed by atoms with van der Waals surface area (Å²) in [5, 5.41) is 4.74. The van der Waals surface area contributed by atoms with Gasteiger partial charge in [0.05, 0.1) is 0 Å². The van der Waals surface area contributed by atoms with E-state index in [1.165, 1.54) is 11.3 Å². The van der Waals surface area contributed by atoms with Gasteiger partial charge in [-0.3, -0.25) is 0 Å². The van der Waals surface area contributed by atoms with E-state index in [2.05, 4.69) is 5.32 Å². The molecule has 0 amide bonds. The summed E-state index contributed by atoms with van der Waals surface area (Å²) in [5.74, 6) is 1.41. The molecule has 3 heterocycles. The third-order valence-corrected chi connectivity index (χ3v) is 8.71. The van der Waals surface area contributed by atoms with Crippen LogP contribution in [0.15, 0.2) is 40.6 Å². The lowest BCUT2D eigenvalue weighted by atomic mass is 9.90. The third kappa shape index (κ3) is 2.97. The van der Waals surface area contributed by atoms with E-state index in [0.717, 1.165) is 40.9 Å². The molecule has 2 aliphatic heterocycles. The van der Waals surface area contributed by atoms with Crippen molar-refractivity contribution in [2.45, 2.75) is 29.6 Å². The highest BCUT2D eigenvalue weighted by Gasteiger charge is 2.36. The molecule has 1 aromatic heterocycles. The first kappa shape index (κ1) is 18.2. The lowest BCUT2D eigenvalue weighted by Gasteiger charge is -2.24. The van der Waals surface area contributed by atoms with E-state index in [9.17, 15) is 8.42 Å². The lowest BCUT2D eigenvalue weighted by Crippen LogP contribution is -2.39. The zero-order valence-electron chi connectivity index (χ0n) is 15.1. The molecule has 5 nitrogen and oxygen atoms in total. The second-order valence-corrected chi connectivity index (χ2v) is 10.4. The molecule has 2 aromatic carbocycles. The quantitative estimate of drug-likeness (QED) is 0.615. The molecule has 3 aromatic rings. The zero-order chi connectivity index (χ0) is 19.5. The van der Waals surface area contributed by atoms with Crippen LogP contribution in [0.1, 0.15) is 23.5 Å². The van der Waals surface area contributed by atoms with Gasteiger partial charge in [0.25, 0.3) is 0 Å². The second kappa shape index (κ2) is 6.62. The van der Waals surface area contributed by atoms with E-state index >= 15 is 0 Å². The number of aryl methyl sites for hydroxylation is 1. The van der Waals surface area contributed by atoms with Crippen LogP contribution in [0.5, 0.6) is 11.5 Å². The van der Waals surface area contributed by atoms with Gasteiger partial charge in [0.15, 0.2) is 4.21 Å². The SMILES string of the molecule is Cc1c(S(=O)(=O)Oc2ccc3c(c2)C2CCNCC2O3)sc2ccc(Cl)cc12. The Balaban J connectivity index is 1.49. The average molecular weight is 436 g/mol. The number of piperidine rings is 1. The third-order valence-electron chi connectivity index (χ3n) is 5.37. The van der Waals surface area contributed by atoms with Gasteiger partial charge in [-0.15, -0.1) is 11.3 Å². The Morgan fingerprint density at radius 1 is 1.25 bits per heavy atom. The summed E-state index contributed by atoms with van der Waals surface area (Å²) in [7, 11) is -3.94. The average Bonchev–Trinajstić information content (AvgIpc) is 3.20. The first-order valence-corrected chi connectivity index (χ1v) is 11.7. The molecular weight excluding hydrogens is 418 g/mol. The fraction of sp³-hybridized carbons (Fsp3) is 0.300. The molecule has 8 heteroatoms. The molecule has 5 rings (SSSR count). The summed E-state index contributed by atoms with van der Waals surface area (Å²) >= 11 is 7.26. The molecule has 0 bridgehead atoms. The van der Waals surface area contributed by atoms with Crippen LogP contribution in [-0.2, 0) is 10.1 Å². The molecule has 0 saturated carbocycles. The maximum atomic E-state index is 13.0. The minimum absolute atomic E-state index is 0.102. The standard InChI is InChI=1S/C20H18ClNO4S2/c1-11-15-8-12(21)2-5-19(15)27-20(11)28(23,24)26-13-3-4-17-16(9-13)14-6-7-22-10-18(14)25-17/h2-5,8-9,14,18,22H,6-7,10H2,1H3. The Morgan fingerprint density at radius 2 is 2.11 bits per heavy atom. The Kier molecular flexibility index (Phi) is 4.32. The second-order valence-electron chi connectivity index (χ2n) is 7.15. The monoisotopic (exact) mass is 435 g/mol. The molecule has 28 heavy (non-hydrogen) atoms. The summed E-state index contributed by atoms with van der Waals surface area (Å²) in [4.78, 5) is 0. The van der Waals surface area contributed by atoms with Crippen molar-refractivity contribution in [1.29, 1.82) is 0 Å². The zero-order valence-corrected chi connectivity index (χ0v) is 17.5. The van der Waals surface area contributed by atoms with E-state index in [4.69, 9.17) is 20.5 Å². The van der Waals surface area contributed by atoms with E-state index in [1.54, 1.807) is 31.2 Å². The molecule has 2 atom stereocenters. The number of ether oxygens (including phenoxy) is 1. The van der Waals surface area contributed by atoms with Gasteiger partial charge in [-0.05, 0) is 67.2 Å². The maximum absolute atomic E-state index is 13.0. The smallest absolute Gasteiger partial charge is 0.349 e. The summed E-state index contributed by atoms with van der Waals surface area (Å²) in [6.45, 7) is 3.51. The van der Waals surface area contributed by atoms with Gasteiger partial charge in [-0.1, -0.05) is 11.6 Å². The van der Waals surface area contributed by atoms with Crippen molar-refractivity contribution < 1.29 is 17.3 Å². The molecule has 1 saturated heterocycles. The molecule has 0 radical (unpaired) electrons. The van der Waals surface area contributed by atoms with E-state index in [0.29, 0.717) is 16.3 Å². The number of rotatable bonds is 3. The van der Waals surface area contributed by atoms with Crippen molar-refractivity contribution in [2.24, 2.45) is 0 Å². The summed E-state index contributed by atoms with van der Waals surface area (Å²) in [5.41, 5.74) is 1.68. The molecule has 2 unspecified atom stereocenters. The summed E-state index contributed by atoms with van der Waals surface area (Å²) in [6, 6.07) is 10.6. The van der Waals surface area contributed by atoms with Crippen molar-refractivity contribution in [2.75, 3.05) is 13.1 Å². The minimum Gasteiger partial charge on any atom is -0.488 e. The molecule has 0 aliphatic carbocycles. The highest BCUT2D eigenvalue weighted by molar-refractivity contribution is 7.89. The normalized spacial score (nSPS) is 21.2. The van der Waals surface area contributed by atoms with Crippen LogP contribution in [0.25, 0.3) is 10.1 Å². The maximum Gasteiger partial charge on any atom is 0.349 e. The lowest BCUT2D eigenvalue weighted by molar-refractivity contribution is 0.177. The van der Waals surface area contributed by atoms with Gasteiger partial charge in [-0.2, -0.15) is 8.42 Å². The van der Waals surface area contributed by atoms with Gasteiger partial charge >= 0.3 is 10.1 Å². The van der Waals surface area contributed by atoms with Crippen LogP contribution in [0.4, 0.5) is 0 Å². The largest absolute Gasteiger partial charge is 0.488 e. The Labute approximate surface area is 172 Å². The first-order valence-electron chi connectivity index (χ1n) is 9.07. The summed E-state index contributed by atoms with van der Waals surface area (Å²) < 4.78 is 38.5. The van der Waals surface area contributed by atoms with Crippen molar-refractivity contribution in [3.05, 3.63) is 52.5 Å². The van der Waals surface area contributed by atoms with Crippen molar-refractivity contribution in [3.63, 3.8) is 0 Å². The van der Waals surface area contributed by atoms with Crippen LogP contribution < -0.4 is 14.2 Å². The van der Waals surface area contributed by atoms with Gasteiger partial charge in [-0.25, -0.2) is 0 Å². The van der Waals surface area contributed by atoms with Crippen molar-refractivity contribution in [3.8, 4) is 11.5 Å². The number of thiophene rings is 1. The van der Waals surface area contributed by atoms with E-state index in [1.807, 2.05) is 12.1 Å². The molecule has 1 N–H and O–H groups in total. The molecule has 2 aliphatic rings. The predicted molar refractivity (Wildman–Crippen MR) is 110 cm³/mol. The number of fused-ring (bicyclic) bond motifs is 4. The fourth-order valence-electron chi connectivity index (χ4n) is 4.02. The molecular formula is C20H18ClNO4S2. The summed E-state index contributed by atoms with van der Waals surface area (Å²) in [6.07, 6.45) is 1.06. The van der Waals surface area contributed by atoms with Crippen LogP contribution in [0.2, 0.25) is 5.02 Å². The van der Waals surface area contributed by atoms with Crippen LogP contribution in [0.3, 0.4) is 0 Å². The highest BCUT2D eigenvalue weighted by atomic mass is 35.5. The number of halogens is 1. The molecule has 1 fully saturated rings. The van der Waals surface area contributed by atoms with Gasteiger partial charge in [0, 0.05) is 27.7 Å². The number of nitrogens with one attached hydrogen (secondary N) is 1. The molecule has 0 spiro atoms. The Morgan fingerprint density at radius 3 is 2.96 bits per heavy atom. The van der Waals surface area contributed by atoms with Crippen LogP contribution >= 0.6 is 22.9 Å². The predicted octanol–water partition coefficient (Wildman–Crippen LogP) is 4.47. The minimum atomic E-state index is -3.94. The highest BCUT2D eigenvalue weighted by Crippen LogP contribution is 2.43.